The van der Waals surface area contributed by atoms with Gasteiger partial charge in [0.15, 0.2) is 0 Å². The maximum absolute atomic E-state index is 11.5. The molecule has 0 aliphatic rings. The molecular formula is C13H19NO. The van der Waals surface area contributed by atoms with Gasteiger partial charge in [-0.2, -0.15) is 0 Å². The van der Waals surface area contributed by atoms with Gasteiger partial charge in [-0.25, -0.2) is 0 Å². The van der Waals surface area contributed by atoms with Crippen LogP contribution in [0.5, 0.6) is 0 Å². The number of amides is 1. The van der Waals surface area contributed by atoms with E-state index in [9.17, 15) is 4.79 Å². The molecule has 0 spiro atoms. The van der Waals surface area contributed by atoms with Crippen molar-refractivity contribution in [3.05, 3.63) is 34.9 Å². The van der Waals surface area contributed by atoms with Crippen LogP contribution < -0.4 is 0 Å². The minimum Gasteiger partial charge on any atom is -0.349 e. The molecule has 82 valence electrons. The third kappa shape index (κ3) is 3.08. The van der Waals surface area contributed by atoms with Crippen LogP contribution in [-0.2, 0) is 11.2 Å². The van der Waals surface area contributed by atoms with Gasteiger partial charge in [0.1, 0.15) is 0 Å². The summed E-state index contributed by atoms with van der Waals surface area (Å²) in [6, 6.07) is 6.26. The number of benzene rings is 1. The van der Waals surface area contributed by atoms with Crippen molar-refractivity contribution in [3.63, 3.8) is 0 Å². The lowest BCUT2D eigenvalue weighted by atomic mass is 9.98. The zero-order valence-electron chi connectivity index (χ0n) is 10.0. The Labute approximate surface area is 91.9 Å². The average Bonchev–Trinajstić information content (AvgIpc) is 2.16. The highest BCUT2D eigenvalue weighted by atomic mass is 16.2. The second-order valence-electron chi connectivity index (χ2n) is 4.16. The first-order valence-corrected chi connectivity index (χ1v) is 5.27. The highest BCUT2D eigenvalue weighted by Gasteiger charge is 2.07. The lowest BCUT2D eigenvalue weighted by Gasteiger charge is -2.12. The van der Waals surface area contributed by atoms with Gasteiger partial charge in [-0.3, -0.25) is 4.79 Å². The molecule has 0 radical (unpaired) electrons. The van der Waals surface area contributed by atoms with Crippen molar-refractivity contribution in [2.75, 3.05) is 14.1 Å². The van der Waals surface area contributed by atoms with Gasteiger partial charge >= 0.3 is 0 Å². The minimum absolute atomic E-state index is 0.192. The molecule has 0 atom stereocenters. The van der Waals surface area contributed by atoms with Crippen LogP contribution in [0, 0.1) is 13.8 Å². The quantitative estimate of drug-likeness (QED) is 0.741. The second-order valence-corrected chi connectivity index (χ2v) is 4.16. The number of nitrogens with zero attached hydrogens (tertiary/aromatic N) is 1. The summed E-state index contributed by atoms with van der Waals surface area (Å²) in [5, 5.41) is 0. The maximum Gasteiger partial charge on any atom is 0.222 e. The molecule has 0 heterocycles. The maximum atomic E-state index is 11.5. The van der Waals surface area contributed by atoms with Gasteiger partial charge in [-0.1, -0.05) is 18.2 Å². The zero-order chi connectivity index (χ0) is 11.4. The van der Waals surface area contributed by atoms with Gasteiger partial charge in [-0.05, 0) is 37.0 Å². The molecule has 2 heteroatoms. The third-order valence-electron chi connectivity index (χ3n) is 2.73. The fourth-order valence-corrected chi connectivity index (χ4v) is 1.70. The smallest absolute Gasteiger partial charge is 0.222 e. The van der Waals surface area contributed by atoms with Gasteiger partial charge in [0, 0.05) is 20.5 Å². The first kappa shape index (κ1) is 11.8. The second kappa shape index (κ2) is 4.96. The van der Waals surface area contributed by atoms with Gasteiger partial charge in [-0.15, -0.1) is 0 Å². The molecule has 15 heavy (non-hydrogen) atoms. The van der Waals surface area contributed by atoms with Crippen LogP contribution in [0.2, 0.25) is 0 Å². The summed E-state index contributed by atoms with van der Waals surface area (Å²) < 4.78 is 0. The Kier molecular flexibility index (Phi) is 3.89. The zero-order valence-corrected chi connectivity index (χ0v) is 10.0. The lowest BCUT2D eigenvalue weighted by molar-refractivity contribution is -0.128. The van der Waals surface area contributed by atoms with E-state index in [-0.39, 0.29) is 5.91 Å². The highest BCUT2D eigenvalue weighted by molar-refractivity contribution is 5.75. The number of rotatable bonds is 3. The Bertz CT molecular complexity index is 335. The molecule has 1 rings (SSSR count). The fraction of sp³-hybridized carbons (Fsp3) is 0.462. The average molecular weight is 205 g/mol. The minimum atomic E-state index is 0.192. The molecule has 0 aromatic heterocycles. The predicted molar refractivity (Wildman–Crippen MR) is 62.9 cm³/mol. The largest absolute Gasteiger partial charge is 0.349 e. The summed E-state index contributed by atoms with van der Waals surface area (Å²) in [6.45, 7) is 4.20. The lowest BCUT2D eigenvalue weighted by Crippen LogP contribution is -2.22. The first-order chi connectivity index (χ1) is 7.02. The molecule has 0 unspecified atom stereocenters. The van der Waals surface area contributed by atoms with Gasteiger partial charge < -0.3 is 4.90 Å². The molecule has 1 aromatic rings. The summed E-state index contributed by atoms with van der Waals surface area (Å²) in [5.41, 5.74) is 3.87. The van der Waals surface area contributed by atoms with Crippen LogP contribution in [-0.4, -0.2) is 24.9 Å². The molecule has 0 saturated carbocycles. The van der Waals surface area contributed by atoms with Gasteiger partial charge in [0.25, 0.3) is 0 Å². The van der Waals surface area contributed by atoms with E-state index in [1.165, 1.54) is 16.7 Å². The molecule has 0 fully saturated rings. The summed E-state index contributed by atoms with van der Waals surface area (Å²) >= 11 is 0. The number of aryl methyl sites for hydroxylation is 2. The third-order valence-corrected chi connectivity index (χ3v) is 2.73. The van der Waals surface area contributed by atoms with E-state index >= 15 is 0 Å². The topological polar surface area (TPSA) is 20.3 Å². The van der Waals surface area contributed by atoms with Crippen molar-refractivity contribution in [3.8, 4) is 0 Å². The Morgan fingerprint density at radius 3 is 2.20 bits per heavy atom. The van der Waals surface area contributed by atoms with Crippen LogP contribution in [0.25, 0.3) is 0 Å². The highest BCUT2D eigenvalue weighted by Crippen LogP contribution is 2.15. The van der Waals surface area contributed by atoms with E-state index in [0.717, 1.165) is 6.42 Å². The SMILES string of the molecule is Cc1cccc(C)c1CCC(=O)N(C)C. The van der Waals surface area contributed by atoms with E-state index in [0.29, 0.717) is 6.42 Å². The van der Waals surface area contributed by atoms with E-state index in [2.05, 4.69) is 32.0 Å². The molecule has 0 aliphatic heterocycles. The molecule has 0 N–H and O–H groups in total. The van der Waals surface area contributed by atoms with Crippen molar-refractivity contribution in [1.82, 2.24) is 4.90 Å². The standard InChI is InChI=1S/C13H19NO/c1-10-6-5-7-11(2)12(10)8-9-13(15)14(3)4/h5-7H,8-9H2,1-4H3. The van der Waals surface area contributed by atoms with Gasteiger partial charge in [0.2, 0.25) is 5.91 Å². The first-order valence-electron chi connectivity index (χ1n) is 5.27. The Morgan fingerprint density at radius 1 is 1.20 bits per heavy atom. The molecule has 2 nitrogen and oxygen atoms in total. The van der Waals surface area contributed by atoms with Crippen molar-refractivity contribution >= 4 is 5.91 Å². The van der Waals surface area contributed by atoms with Crippen molar-refractivity contribution < 1.29 is 4.79 Å². The summed E-state index contributed by atoms with van der Waals surface area (Å²) in [6.07, 6.45) is 1.44. The number of hydrogen-bond donors (Lipinski definition) is 0. The van der Waals surface area contributed by atoms with E-state index < -0.39 is 0 Å². The molecule has 1 amide bonds. The van der Waals surface area contributed by atoms with Gasteiger partial charge in [0.05, 0.1) is 0 Å². The van der Waals surface area contributed by atoms with Crippen molar-refractivity contribution in [2.45, 2.75) is 26.7 Å². The van der Waals surface area contributed by atoms with Crippen LogP contribution in [0.15, 0.2) is 18.2 Å². The van der Waals surface area contributed by atoms with E-state index in [1.54, 1.807) is 19.0 Å². The molecule has 0 saturated heterocycles. The number of carbonyl (C=O) groups excluding carboxylic acids is 1. The van der Waals surface area contributed by atoms with Crippen LogP contribution >= 0.6 is 0 Å². The van der Waals surface area contributed by atoms with Crippen LogP contribution in [0.4, 0.5) is 0 Å². The van der Waals surface area contributed by atoms with E-state index in [1.807, 2.05) is 0 Å². The van der Waals surface area contributed by atoms with Crippen LogP contribution in [0.3, 0.4) is 0 Å². The van der Waals surface area contributed by atoms with Crippen molar-refractivity contribution in [2.24, 2.45) is 0 Å². The Morgan fingerprint density at radius 2 is 1.73 bits per heavy atom. The summed E-state index contributed by atoms with van der Waals surface area (Å²) in [5.74, 6) is 0.192. The normalized spacial score (nSPS) is 10.1. The Balaban J connectivity index is 2.69. The predicted octanol–water partition coefficient (Wildman–Crippen LogP) is 2.32. The fourth-order valence-electron chi connectivity index (χ4n) is 1.70. The number of carbonyl (C=O) groups is 1. The summed E-state index contributed by atoms with van der Waals surface area (Å²) in [4.78, 5) is 13.1. The molecule has 0 bridgehead atoms. The monoisotopic (exact) mass is 205 g/mol. The number of hydrogen-bond acceptors (Lipinski definition) is 1. The van der Waals surface area contributed by atoms with E-state index in [4.69, 9.17) is 0 Å². The van der Waals surface area contributed by atoms with Crippen LogP contribution in [0.1, 0.15) is 23.1 Å². The summed E-state index contributed by atoms with van der Waals surface area (Å²) in [7, 11) is 3.60. The molecule has 1 aromatic carbocycles. The molecular weight excluding hydrogens is 186 g/mol. The van der Waals surface area contributed by atoms with Crippen molar-refractivity contribution in [1.29, 1.82) is 0 Å². The Hall–Kier alpha value is -1.31. The molecule has 0 aliphatic carbocycles.